The first kappa shape index (κ1) is 14.7. The second kappa shape index (κ2) is 5.99. The third kappa shape index (κ3) is 2.57. The van der Waals surface area contributed by atoms with Gasteiger partial charge < -0.3 is 25.8 Å². The molecular formula is C13H19N3O3. The normalized spacial score (nSPS) is 9.68. The van der Waals surface area contributed by atoms with Crippen molar-refractivity contribution in [2.45, 2.75) is 6.92 Å². The number of benzene rings is 1. The third-order valence-electron chi connectivity index (χ3n) is 2.67. The third-order valence-corrected chi connectivity index (χ3v) is 2.67. The average molecular weight is 265 g/mol. The zero-order chi connectivity index (χ0) is 14.6. The predicted octanol–water partition coefficient (Wildman–Crippen LogP) is 2.09. The Morgan fingerprint density at radius 3 is 2.05 bits per heavy atom. The lowest BCUT2D eigenvalue weighted by Gasteiger charge is -2.21. The van der Waals surface area contributed by atoms with Gasteiger partial charge in [0.25, 0.3) is 0 Å². The van der Waals surface area contributed by atoms with Crippen molar-refractivity contribution in [1.82, 2.24) is 0 Å². The highest BCUT2D eigenvalue weighted by Crippen LogP contribution is 2.49. The average Bonchev–Trinajstić information content (AvgIpc) is 2.38. The van der Waals surface area contributed by atoms with Crippen molar-refractivity contribution in [2.75, 3.05) is 37.1 Å². The fraction of sp³-hybridized carbons (Fsp3) is 0.308. The number of hydrogen-bond donors (Lipinski definition) is 4. The quantitative estimate of drug-likeness (QED) is 0.371. The van der Waals surface area contributed by atoms with E-state index in [9.17, 15) is 9.90 Å². The second-order valence-electron chi connectivity index (χ2n) is 3.76. The largest absolute Gasteiger partial charge is 0.505 e. The zero-order valence-corrected chi connectivity index (χ0v) is 11.5. The number of aromatic hydroxyl groups is 1. The Morgan fingerprint density at radius 2 is 1.68 bits per heavy atom. The molecule has 0 amide bonds. The molecule has 6 heteroatoms. The minimum absolute atomic E-state index is 0.0297. The van der Waals surface area contributed by atoms with Crippen molar-refractivity contribution in [3.8, 4) is 11.5 Å². The Bertz CT molecular complexity index is 513. The molecule has 0 saturated carbocycles. The fourth-order valence-electron chi connectivity index (χ4n) is 1.91. The molecule has 0 saturated heterocycles. The summed E-state index contributed by atoms with van der Waals surface area (Å²) in [5.74, 6) is -0.104. The van der Waals surface area contributed by atoms with Gasteiger partial charge in [-0.2, -0.15) is 0 Å². The van der Waals surface area contributed by atoms with E-state index in [0.29, 0.717) is 28.4 Å². The highest BCUT2D eigenvalue weighted by molar-refractivity contribution is 5.95. The topological polar surface area (TPSA) is 82.6 Å². The molecule has 1 aromatic carbocycles. The number of ether oxygens (including phenoxy) is 1. The summed E-state index contributed by atoms with van der Waals surface area (Å²) in [6.07, 6.45) is 1.49. The van der Waals surface area contributed by atoms with Gasteiger partial charge in [0.2, 0.25) is 0 Å². The summed E-state index contributed by atoms with van der Waals surface area (Å²) in [5, 5.41) is 18.9. The van der Waals surface area contributed by atoms with Crippen LogP contribution in [0.15, 0.2) is 6.58 Å². The Morgan fingerprint density at radius 1 is 1.16 bits per heavy atom. The zero-order valence-electron chi connectivity index (χ0n) is 11.5. The van der Waals surface area contributed by atoms with Crippen LogP contribution >= 0.6 is 0 Å². The van der Waals surface area contributed by atoms with Crippen LogP contribution in [0.2, 0.25) is 0 Å². The molecule has 0 aliphatic carbocycles. The number of hydrogen-bond acceptors (Lipinski definition) is 6. The standard InChI is InChI=1S/C13H19N3O3/c1-6-8-9(14-3)13(19-7(2)17)11(16-5)10(15-4)12(8)18/h6,14-16,18H,1H2,2-5H3. The van der Waals surface area contributed by atoms with E-state index in [1.165, 1.54) is 13.0 Å². The van der Waals surface area contributed by atoms with Crippen LogP contribution in [0.25, 0.3) is 6.08 Å². The van der Waals surface area contributed by atoms with Crippen LogP contribution in [0, 0.1) is 0 Å². The Hall–Kier alpha value is -2.37. The number of carbonyl (C=O) groups excluding carboxylic acids is 1. The SMILES string of the molecule is C=Cc1c(O)c(NC)c(NC)c(OC(C)=O)c1NC. The number of anilines is 3. The molecule has 0 heterocycles. The summed E-state index contributed by atoms with van der Waals surface area (Å²) in [6.45, 7) is 4.98. The highest BCUT2D eigenvalue weighted by Gasteiger charge is 2.23. The number of esters is 1. The van der Waals surface area contributed by atoms with Crippen molar-refractivity contribution < 1.29 is 14.6 Å². The molecule has 1 rings (SSSR count). The van der Waals surface area contributed by atoms with E-state index in [-0.39, 0.29) is 5.75 Å². The van der Waals surface area contributed by atoms with Crippen molar-refractivity contribution in [1.29, 1.82) is 0 Å². The van der Waals surface area contributed by atoms with Gasteiger partial charge in [0.15, 0.2) is 5.75 Å². The number of nitrogens with one attached hydrogen (secondary N) is 3. The molecule has 4 N–H and O–H groups in total. The summed E-state index contributed by atoms with van der Waals surface area (Å²) < 4.78 is 5.24. The van der Waals surface area contributed by atoms with Crippen LogP contribution in [-0.2, 0) is 4.79 Å². The summed E-state index contributed by atoms with van der Waals surface area (Å²) in [5.41, 5.74) is 1.88. The molecule has 0 fully saturated rings. The van der Waals surface area contributed by atoms with Gasteiger partial charge in [-0.25, -0.2) is 0 Å². The maximum absolute atomic E-state index is 11.2. The Labute approximate surface area is 112 Å². The molecule has 0 atom stereocenters. The van der Waals surface area contributed by atoms with Crippen LogP contribution in [0.1, 0.15) is 12.5 Å². The first-order chi connectivity index (χ1) is 9.01. The molecule has 1 aromatic rings. The maximum atomic E-state index is 11.2. The predicted molar refractivity (Wildman–Crippen MR) is 78.1 cm³/mol. The van der Waals surface area contributed by atoms with Crippen molar-refractivity contribution in [3.05, 3.63) is 12.1 Å². The van der Waals surface area contributed by atoms with E-state index < -0.39 is 5.97 Å². The van der Waals surface area contributed by atoms with E-state index in [2.05, 4.69) is 22.5 Å². The van der Waals surface area contributed by atoms with Gasteiger partial charge >= 0.3 is 5.97 Å². The molecular weight excluding hydrogens is 246 g/mol. The number of phenols is 1. The summed E-state index contributed by atoms with van der Waals surface area (Å²) >= 11 is 0. The molecule has 104 valence electrons. The van der Waals surface area contributed by atoms with Gasteiger partial charge in [-0.05, 0) is 0 Å². The van der Waals surface area contributed by atoms with Crippen molar-refractivity contribution in [3.63, 3.8) is 0 Å². The van der Waals surface area contributed by atoms with E-state index in [1.807, 2.05) is 0 Å². The minimum atomic E-state index is -0.448. The molecule has 19 heavy (non-hydrogen) atoms. The van der Waals surface area contributed by atoms with E-state index in [1.54, 1.807) is 21.1 Å². The van der Waals surface area contributed by atoms with E-state index in [4.69, 9.17) is 4.74 Å². The van der Waals surface area contributed by atoms with Gasteiger partial charge in [0.1, 0.15) is 17.1 Å². The lowest BCUT2D eigenvalue weighted by molar-refractivity contribution is -0.131. The first-order valence-electron chi connectivity index (χ1n) is 5.78. The number of carbonyl (C=O) groups is 1. The Balaban J connectivity index is 3.72. The molecule has 0 aliphatic rings. The fourth-order valence-corrected chi connectivity index (χ4v) is 1.91. The van der Waals surface area contributed by atoms with Gasteiger partial charge in [0, 0.05) is 33.6 Å². The molecule has 0 unspecified atom stereocenters. The molecule has 0 radical (unpaired) electrons. The molecule has 0 spiro atoms. The van der Waals surface area contributed by atoms with Crippen molar-refractivity contribution >= 4 is 29.1 Å². The van der Waals surface area contributed by atoms with Crippen LogP contribution in [0.4, 0.5) is 17.1 Å². The number of phenolic OH excluding ortho intramolecular Hbond substituents is 1. The molecule has 6 nitrogen and oxygen atoms in total. The monoisotopic (exact) mass is 265 g/mol. The minimum Gasteiger partial charge on any atom is -0.505 e. The summed E-state index contributed by atoms with van der Waals surface area (Å²) in [7, 11) is 5.02. The second-order valence-corrected chi connectivity index (χ2v) is 3.76. The van der Waals surface area contributed by atoms with E-state index in [0.717, 1.165) is 0 Å². The highest BCUT2D eigenvalue weighted by atomic mass is 16.5. The van der Waals surface area contributed by atoms with Crippen LogP contribution in [0.5, 0.6) is 11.5 Å². The molecule has 0 aromatic heterocycles. The lowest BCUT2D eigenvalue weighted by Crippen LogP contribution is -2.10. The summed E-state index contributed by atoms with van der Waals surface area (Å²) in [4.78, 5) is 11.2. The lowest BCUT2D eigenvalue weighted by atomic mass is 10.1. The maximum Gasteiger partial charge on any atom is 0.308 e. The van der Waals surface area contributed by atoms with Crippen molar-refractivity contribution in [2.24, 2.45) is 0 Å². The van der Waals surface area contributed by atoms with Gasteiger partial charge in [-0.1, -0.05) is 12.7 Å². The molecule has 0 bridgehead atoms. The van der Waals surface area contributed by atoms with Crippen LogP contribution < -0.4 is 20.7 Å². The van der Waals surface area contributed by atoms with Crippen LogP contribution in [0.3, 0.4) is 0 Å². The first-order valence-corrected chi connectivity index (χ1v) is 5.78. The molecule has 0 aliphatic heterocycles. The van der Waals surface area contributed by atoms with Gasteiger partial charge in [-0.3, -0.25) is 4.79 Å². The smallest absolute Gasteiger partial charge is 0.308 e. The van der Waals surface area contributed by atoms with Crippen LogP contribution in [-0.4, -0.2) is 32.2 Å². The summed E-state index contributed by atoms with van der Waals surface area (Å²) in [6, 6.07) is 0. The number of rotatable bonds is 5. The van der Waals surface area contributed by atoms with Gasteiger partial charge in [0.05, 0.1) is 5.69 Å². The Kier molecular flexibility index (Phi) is 4.63. The van der Waals surface area contributed by atoms with Gasteiger partial charge in [-0.15, -0.1) is 0 Å². The van der Waals surface area contributed by atoms with E-state index >= 15 is 0 Å².